The predicted molar refractivity (Wildman–Crippen MR) is 58.4 cm³/mol. The van der Waals surface area contributed by atoms with Gasteiger partial charge in [0.25, 0.3) is 0 Å². The smallest absolute Gasteiger partial charge is 0.328 e. The first-order valence-corrected chi connectivity index (χ1v) is 4.63. The Labute approximate surface area is 89.0 Å². The average molecular weight is 206 g/mol. The third kappa shape index (κ3) is 3.22. The minimum absolute atomic E-state index is 0.487. The summed E-state index contributed by atoms with van der Waals surface area (Å²) in [5, 5.41) is 8.66. The van der Waals surface area contributed by atoms with Gasteiger partial charge in [-0.3, -0.25) is 0 Å². The molecule has 0 saturated heterocycles. The summed E-state index contributed by atoms with van der Waals surface area (Å²) in [6, 6.07) is 7.61. The minimum Gasteiger partial charge on any atom is -0.478 e. The molecule has 1 aromatic carbocycles. The van der Waals surface area contributed by atoms with E-state index in [9.17, 15) is 4.79 Å². The highest BCUT2D eigenvalue weighted by Gasteiger charge is 2.04. The van der Waals surface area contributed by atoms with Crippen LogP contribution in [0.5, 0.6) is 0 Å². The molecule has 1 aromatic rings. The van der Waals surface area contributed by atoms with Crippen molar-refractivity contribution in [3.63, 3.8) is 0 Å². The largest absolute Gasteiger partial charge is 0.478 e. The monoisotopic (exact) mass is 206 g/mol. The Morgan fingerprint density at radius 3 is 2.73 bits per heavy atom. The van der Waals surface area contributed by atoms with Crippen LogP contribution in [0, 0.1) is 0 Å². The second-order valence-electron chi connectivity index (χ2n) is 3.26. The Morgan fingerprint density at radius 1 is 1.47 bits per heavy atom. The van der Waals surface area contributed by atoms with Crippen molar-refractivity contribution in [1.29, 1.82) is 0 Å². The first kappa shape index (κ1) is 11.5. The number of carboxylic acids is 1. The molecule has 0 atom stereocenters. The number of benzene rings is 1. The normalized spacial score (nSPS) is 11.5. The molecule has 0 aromatic heterocycles. The summed E-state index contributed by atoms with van der Waals surface area (Å²) < 4.78 is 5.05. The first-order valence-electron chi connectivity index (χ1n) is 4.63. The Hall–Kier alpha value is -1.61. The number of aliphatic carboxylic acids is 1. The molecule has 15 heavy (non-hydrogen) atoms. The van der Waals surface area contributed by atoms with Crippen LogP contribution in [0.2, 0.25) is 0 Å². The lowest BCUT2D eigenvalue weighted by Crippen LogP contribution is -1.96. The summed E-state index contributed by atoms with van der Waals surface area (Å²) in [6.07, 6.45) is 1.20. The molecule has 0 heterocycles. The maximum atomic E-state index is 10.5. The summed E-state index contributed by atoms with van der Waals surface area (Å²) in [4.78, 5) is 10.5. The van der Waals surface area contributed by atoms with E-state index in [0.29, 0.717) is 6.61 Å². The van der Waals surface area contributed by atoms with Crippen LogP contribution in [0.15, 0.2) is 30.3 Å². The molecule has 80 valence electrons. The molecule has 1 rings (SSSR count). The zero-order valence-electron chi connectivity index (χ0n) is 8.86. The predicted octanol–water partition coefficient (Wildman–Crippen LogP) is 2.32. The van der Waals surface area contributed by atoms with Crippen molar-refractivity contribution < 1.29 is 14.6 Å². The summed E-state index contributed by atoms with van der Waals surface area (Å²) in [6.45, 7) is 2.27. The van der Waals surface area contributed by atoms with E-state index in [-0.39, 0.29) is 0 Å². The van der Waals surface area contributed by atoms with Crippen LogP contribution in [0.1, 0.15) is 18.1 Å². The van der Waals surface area contributed by atoms with Gasteiger partial charge >= 0.3 is 5.97 Å². The zero-order chi connectivity index (χ0) is 11.3. The molecule has 1 N–H and O–H groups in total. The van der Waals surface area contributed by atoms with Gasteiger partial charge in [0, 0.05) is 13.2 Å². The molecule has 0 saturated carbocycles. The second kappa shape index (κ2) is 5.32. The van der Waals surface area contributed by atoms with E-state index in [4.69, 9.17) is 9.84 Å². The molecule has 0 amide bonds. The van der Waals surface area contributed by atoms with Gasteiger partial charge in [-0.25, -0.2) is 4.79 Å². The van der Waals surface area contributed by atoms with Crippen molar-refractivity contribution in [2.75, 3.05) is 7.11 Å². The van der Waals surface area contributed by atoms with Gasteiger partial charge in [-0.15, -0.1) is 0 Å². The molecule has 0 fully saturated rings. The maximum Gasteiger partial charge on any atom is 0.328 e. The molecule has 0 aliphatic carbocycles. The average Bonchev–Trinajstić information content (AvgIpc) is 2.18. The molecule has 3 nitrogen and oxygen atoms in total. The lowest BCUT2D eigenvalue weighted by molar-refractivity contribution is -0.131. The number of allylic oxidation sites excluding steroid dienone is 1. The zero-order valence-corrected chi connectivity index (χ0v) is 8.86. The van der Waals surface area contributed by atoms with E-state index in [0.717, 1.165) is 16.7 Å². The van der Waals surface area contributed by atoms with Crippen LogP contribution in [-0.2, 0) is 16.1 Å². The van der Waals surface area contributed by atoms with Crippen LogP contribution < -0.4 is 0 Å². The topological polar surface area (TPSA) is 46.5 Å². The standard InChI is InChI=1S/C12H14O3/c1-9(7-12(13)14)11-6-4-3-5-10(11)8-15-2/h3-7H,8H2,1-2H3,(H,13,14)/b9-7-. The van der Waals surface area contributed by atoms with Gasteiger partial charge < -0.3 is 9.84 Å². The number of carbonyl (C=O) groups is 1. The summed E-state index contributed by atoms with van der Waals surface area (Å²) in [7, 11) is 1.62. The van der Waals surface area contributed by atoms with E-state index >= 15 is 0 Å². The van der Waals surface area contributed by atoms with Gasteiger partial charge in [-0.1, -0.05) is 24.3 Å². The third-order valence-corrected chi connectivity index (χ3v) is 2.08. The molecule has 0 unspecified atom stereocenters. The fourth-order valence-electron chi connectivity index (χ4n) is 1.45. The fraction of sp³-hybridized carbons (Fsp3) is 0.250. The Morgan fingerprint density at radius 2 is 2.13 bits per heavy atom. The third-order valence-electron chi connectivity index (χ3n) is 2.08. The first-order chi connectivity index (χ1) is 7.15. The summed E-state index contributed by atoms with van der Waals surface area (Å²) in [5.74, 6) is -0.931. The number of rotatable bonds is 4. The van der Waals surface area contributed by atoms with Crippen LogP contribution in [0.3, 0.4) is 0 Å². The van der Waals surface area contributed by atoms with Crippen molar-refractivity contribution in [3.8, 4) is 0 Å². The quantitative estimate of drug-likeness (QED) is 0.769. The van der Waals surface area contributed by atoms with E-state index in [1.807, 2.05) is 24.3 Å². The highest BCUT2D eigenvalue weighted by molar-refractivity contribution is 5.89. The van der Waals surface area contributed by atoms with Crippen molar-refractivity contribution in [1.82, 2.24) is 0 Å². The van der Waals surface area contributed by atoms with Gasteiger partial charge in [0.2, 0.25) is 0 Å². The van der Waals surface area contributed by atoms with Gasteiger partial charge in [0.05, 0.1) is 6.61 Å². The van der Waals surface area contributed by atoms with E-state index in [1.54, 1.807) is 14.0 Å². The van der Waals surface area contributed by atoms with Crippen LogP contribution in [0.25, 0.3) is 5.57 Å². The van der Waals surface area contributed by atoms with Crippen LogP contribution in [-0.4, -0.2) is 18.2 Å². The lowest BCUT2D eigenvalue weighted by atomic mass is 10.0. The molecule has 0 spiro atoms. The number of ether oxygens (including phenoxy) is 1. The Bertz CT molecular complexity index is 380. The SMILES string of the molecule is COCc1ccccc1/C(C)=C\C(=O)O. The Balaban J connectivity index is 3.07. The van der Waals surface area contributed by atoms with Gasteiger partial charge in [-0.05, 0) is 23.6 Å². The van der Waals surface area contributed by atoms with Crippen molar-refractivity contribution in [2.45, 2.75) is 13.5 Å². The molecule has 0 aliphatic rings. The highest BCUT2D eigenvalue weighted by Crippen LogP contribution is 2.19. The molecule has 0 radical (unpaired) electrons. The van der Waals surface area contributed by atoms with Crippen molar-refractivity contribution in [3.05, 3.63) is 41.5 Å². The van der Waals surface area contributed by atoms with Gasteiger partial charge in [-0.2, -0.15) is 0 Å². The molecule has 3 heteroatoms. The molecule has 0 aliphatic heterocycles. The van der Waals surface area contributed by atoms with E-state index in [2.05, 4.69) is 0 Å². The molecular weight excluding hydrogens is 192 g/mol. The molecule has 0 bridgehead atoms. The lowest BCUT2D eigenvalue weighted by Gasteiger charge is -2.08. The van der Waals surface area contributed by atoms with Crippen LogP contribution >= 0.6 is 0 Å². The van der Waals surface area contributed by atoms with Crippen LogP contribution in [0.4, 0.5) is 0 Å². The maximum absolute atomic E-state index is 10.5. The van der Waals surface area contributed by atoms with E-state index < -0.39 is 5.97 Å². The van der Waals surface area contributed by atoms with Crippen molar-refractivity contribution >= 4 is 11.5 Å². The number of hydrogen-bond donors (Lipinski definition) is 1. The number of carboxylic acid groups (broad SMARTS) is 1. The van der Waals surface area contributed by atoms with Crippen molar-refractivity contribution in [2.24, 2.45) is 0 Å². The van der Waals surface area contributed by atoms with E-state index in [1.165, 1.54) is 6.08 Å². The number of methoxy groups -OCH3 is 1. The van der Waals surface area contributed by atoms with Gasteiger partial charge in [0.1, 0.15) is 0 Å². The minimum atomic E-state index is -0.931. The number of hydrogen-bond acceptors (Lipinski definition) is 2. The highest BCUT2D eigenvalue weighted by atomic mass is 16.5. The fourth-order valence-corrected chi connectivity index (χ4v) is 1.45. The Kier molecular flexibility index (Phi) is 4.06. The summed E-state index contributed by atoms with van der Waals surface area (Å²) in [5.41, 5.74) is 2.65. The summed E-state index contributed by atoms with van der Waals surface area (Å²) >= 11 is 0. The van der Waals surface area contributed by atoms with Gasteiger partial charge in [0.15, 0.2) is 0 Å². The molecular formula is C12H14O3. The second-order valence-corrected chi connectivity index (χ2v) is 3.26.